The minimum Gasteiger partial charge on any atom is -0.296 e. The van der Waals surface area contributed by atoms with Crippen molar-refractivity contribution in [2.24, 2.45) is 0 Å². The third-order valence-electron chi connectivity index (χ3n) is 4.27. The number of nitrogens with one attached hydrogen (secondary N) is 1. The lowest BCUT2D eigenvalue weighted by Gasteiger charge is -2.29. The molecule has 0 aliphatic heterocycles. The van der Waals surface area contributed by atoms with Gasteiger partial charge in [-0.1, -0.05) is 13.8 Å². The summed E-state index contributed by atoms with van der Waals surface area (Å²) in [6, 6.07) is 5.88. The van der Waals surface area contributed by atoms with E-state index in [0.717, 1.165) is 24.9 Å². The van der Waals surface area contributed by atoms with Crippen LogP contribution in [0.1, 0.15) is 25.5 Å². The zero-order valence-electron chi connectivity index (χ0n) is 15.3. The van der Waals surface area contributed by atoms with E-state index in [1.807, 2.05) is 30.7 Å². The van der Waals surface area contributed by atoms with Gasteiger partial charge in [0.05, 0.1) is 9.79 Å². The second-order valence-corrected chi connectivity index (χ2v) is 11.4. The maximum Gasteiger partial charge on any atom is 0.241 e. The van der Waals surface area contributed by atoms with Gasteiger partial charge < -0.3 is 0 Å². The Hall–Kier alpha value is -0.780. The molecule has 0 radical (unpaired) electrons. The molecule has 1 atom stereocenters. The first-order valence-electron chi connectivity index (χ1n) is 8.35. The molecule has 0 fully saturated rings. The second kappa shape index (κ2) is 9.15. The minimum absolute atomic E-state index is 0.0378. The normalized spacial score (nSPS) is 13.8. The number of likely N-dealkylation sites (N-methyl/N-ethyl adjacent to an activating group) is 1. The Kier molecular flexibility index (Phi) is 7.62. The fourth-order valence-electron chi connectivity index (χ4n) is 2.77. The van der Waals surface area contributed by atoms with Gasteiger partial charge in [0, 0.05) is 23.3 Å². The Bertz CT molecular complexity index is 970. The molecule has 2 aromatic rings. The minimum atomic E-state index is -3.89. The maximum atomic E-state index is 12.9. The molecule has 0 spiro atoms. The van der Waals surface area contributed by atoms with Crippen LogP contribution in [0.25, 0.3) is 0 Å². The Morgan fingerprint density at radius 2 is 1.81 bits per heavy atom. The molecule has 0 amide bonds. The van der Waals surface area contributed by atoms with Gasteiger partial charge in [-0.25, -0.2) is 21.6 Å². The first-order chi connectivity index (χ1) is 12.6. The molecule has 1 unspecified atom stereocenters. The van der Waals surface area contributed by atoms with Crippen LogP contribution in [-0.2, 0) is 19.9 Å². The van der Waals surface area contributed by atoms with Crippen LogP contribution in [0.5, 0.6) is 0 Å². The van der Waals surface area contributed by atoms with E-state index < -0.39 is 19.9 Å². The summed E-state index contributed by atoms with van der Waals surface area (Å²) in [5, 5.41) is 3.98. The van der Waals surface area contributed by atoms with Crippen molar-refractivity contribution in [1.82, 2.24) is 9.62 Å². The summed E-state index contributed by atoms with van der Waals surface area (Å²) in [4.78, 5) is 2.05. The van der Waals surface area contributed by atoms with Crippen molar-refractivity contribution in [1.29, 1.82) is 0 Å². The number of sulfonamides is 1. The van der Waals surface area contributed by atoms with Crippen molar-refractivity contribution in [2.75, 3.05) is 25.9 Å². The molecule has 1 aromatic carbocycles. The first-order valence-corrected chi connectivity index (χ1v) is 13.5. The van der Waals surface area contributed by atoms with E-state index in [4.69, 9.17) is 0 Å². The molecule has 1 aromatic heterocycles. The van der Waals surface area contributed by atoms with Crippen molar-refractivity contribution in [3.05, 3.63) is 45.1 Å². The van der Waals surface area contributed by atoms with E-state index in [2.05, 4.69) is 25.6 Å². The average Bonchev–Trinajstić information content (AvgIpc) is 3.12. The summed E-state index contributed by atoms with van der Waals surface area (Å²) in [7, 11) is -7.40. The zero-order valence-corrected chi connectivity index (χ0v) is 19.4. The number of thiophene rings is 1. The van der Waals surface area contributed by atoms with E-state index >= 15 is 0 Å². The molecule has 1 N–H and O–H groups in total. The molecular weight excluding hydrogens is 472 g/mol. The Morgan fingerprint density at radius 3 is 2.33 bits per heavy atom. The van der Waals surface area contributed by atoms with Crippen LogP contribution in [0.3, 0.4) is 0 Å². The maximum absolute atomic E-state index is 12.9. The number of halogens is 1. The molecule has 150 valence electrons. The van der Waals surface area contributed by atoms with Crippen LogP contribution >= 0.6 is 27.3 Å². The number of rotatable bonds is 9. The van der Waals surface area contributed by atoms with Crippen LogP contribution in [0, 0.1) is 0 Å². The van der Waals surface area contributed by atoms with Gasteiger partial charge in [0.2, 0.25) is 10.0 Å². The van der Waals surface area contributed by atoms with Crippen LogP contribution in [0.2, 0.25) is 0 Å². The van der Waals surface area contributed by atoms with E-state index in [1.54, 1.807) is 11.3 Å². The third-order valence-corrected chi connectivity index (χ3v) is 8.50. The zero-order chi connectivity index (χ0) is 20.2. The average molecular weight is 495 g/mol. The SMILES string of the molecule is CCN(CC)C(CNS(=O)(=O)c1cc(S(C)(=O)=O)ccc1Br)c1ccsc1. The fourth-order valence-corrected chi connectivity index (χ4v) is 6.23. The van der Waals surface area contributed by atoms with Crippen LogP contribution in [-0.4, -0.2) is 47.6 Å². The van der Waals surface area contributed by atoms with Gasteiger partial charge in [0.1, 0.15) is 0 Å². The predicted octanol–water partition coefficient (Wildman–Crippen LogP) is 3.28. The molecule has 0 saturated carbocycles. The molecule has 0 aliphatic carbocycles. The monoisotopic (exact) mass is 494 g/mol. The lowest BCUT2D eigenvalue weighted by Crippen LogP contribution is -2.38. The van der Waals surface area contributed by atoms with Gasteiger partial charge >= 0.3 is 0 Å². The summed E-state index contributed by atoms with van der Waals surface area (Å²) in [6.07, 6.45) is 1.05. The molecule has 1 heterocycles. The van der Waals surface area contributed by atoms with Crippen molar-refractivity contribution in [2.45, 2.75) is 29.7 Å². The van der Waals surface area contributed by atoms with Crippen molar-refractivity contribution in [3.8, 4) is 0 Å². The predicted molar refractivity (Wildman–Crippen MR) is 112 cm³/mol. The number of sulfone groups is 1. The highest BCUT2D eigenvalue weighted by Crippen LogP contribution is 2.27. The summed E-state index contributed by atoms with van der Waals surface area (Å²) in [5.41, 5.74) is 1.05. The van der Waals surface area contributed by atoms with Crippen LogP contribution < -0.4 is 4.72 Å². The third kappa shape index (κ3) is 5.61. The van der Waals surface area contributed by atoms with Crippen LogP contribution in [0.4, 0.5) is 0 Å². The standard InChI is InChI=1S/C17H23BrN2O4S3/c1-4-20(5-2)16(13-8-9-25-12-13)11-19-27(23,24)17-10-14(26(3,21)22)6-7-15(17)18/h6-10,12,16,19H,4-5,11H2,1-3H3. The summed E-state index contributed by atoms with van der Waals surface area (Å²) < 4.78 is 52.2. The smallest absolute Gasteiger partial charge is 0.241 e. The second-order valence-electron chi connectivity index (χ2n) is 6.01. The molecular formula is C17H23BrN2O4S3. The van der Waals surface area contributed by atoms with E-state index in [9.17, 15) is 16.8 Å². The van der Waals surface area contributed by atoms with Gasteiger partial charge in [0.25, 0.3) is 0 Å². The number of hydrogen-bond acceptors (Lipinski definition) is 6. The molecule has 0 saturated heterocycles. The van der Waals surface area contributed by atoms with E-state index in [-0.39, 0.29) is 22.4 Å². The van der Waals surface area contributed by atoms with Gasteiger partial charge in [-0.15, -0.1) is 0 Å². The number of hydrogen-bond donors (Lipinski definition) is 1. The molecule has 0 aliphatic rings. The Balaban J connectivity index is 2.32. The van der Waals surface area contributed by atoms with E-state index in [1.165, 1.54) is 18.2 Å². The van der Waals surface area contributed by atoms with Crippen LogP contribution in [0.15, 0.2) is 49.3 Å². The Morgan fingerprint density at radius 1 is 1.15 bits per heavy atom. The lowest BCUT2D eigenvalue weighted by atomic mass is 10.1. The summed E-state index contributed by atoms with van der Waals surface area (Å²) in [6.45, 7) is 5.82. The number of nitrogens with zero attached hydrogens (tertiary/aromatic N) is 1. The lowest BCUT2D eigenvalue weighted by molar-refractivity contribution is 0.220. The molecule has 27 heavy (non-hydrogen) atoms. The highest BCUT2D eigenvalue weighted by molar-refractivity contribution is 9.10. The highest BCUT2D eigenvalue weighted by Gasteiger charge is 2.24. The largest absolute Gasteiger partial charge is 0.296 e. The molecule has 2 rings (SSSR count). The first kappa shape index (κ1) is 22.5. The Labute approximate surface area is 173 Å². The molecule has 6 nitrogen and oxygen atoms in total. The van der Waals surface area contributed by atoms with Crippen molar-refractivity contribution < 1.29 is 16.8 Å². The van der Waals surface area contributed by atoms with Gasteiger partial charge in [-0.05, 0) is 69.6 Å². The van der Waals surface area contributed by atoms with Gasteiger partial charge in [-0.2, -0.15) is 11.3 Å². The molecule has 10 heteroatoms. The van der Waals surface area contributed by atoms with Gasteiger partial charge in [0.15, 0.2) is 9.84 Å². The fraction of sp³-hybridized carbons (Fsp3) is 0.412. The summed E-state index contributed by atoms with van der Waals surface area (Å²) in [5.74, 6) is 0. The van der Waals surface area contributed by atoms with E-state index in [0.29, 0.717) is 4.47 Å². The quantitative estimate of drug-likeness (QED) is 0.578. The topological polar surface area (TPSA) is 83.6 Å². The number of benzene rings is 1. The van der Waals surface area contributed by atoms with Crippen molar-refractivity contribution in [3.63, 3.8) is 0 Å². The van der Waals surface area contributed by atoms with Crippen molar-refractivity contribution >= 4 is 47.1 Å². The highest BCUT2D eigenvalue weighted by atomic mass is 79.9. The molecule has 0 bridgehead atoms. The van der Waals surface area contributed by atoms with Gasteiger partial charge in [-0.3, -0.25) is 4.90 Å². The summed E-state index contributed by atoms with van der Waals surface area (Å²) >= 11 is 4.78.